The second kappa shape index (κ2) is 7.36. The van der Waals surface area contributed by atoms with Gasteiger partial charge in [0.15, 0.2) is 0 Å². The molecule has 19 heavy (non-hydrogen) atoms. The molecule has 0 N–H and O–H groups in total. The summed E-state index contributed by atoms with van der Waals surface area (Å²) in [6.45, 7) is 5.59. The largest absolute Gasteiger partial charge is 0.463 e. The molecule has 1 rings (SSSR count). The molecule has 0 saturated carbocycles. The molecule has 1 aromatic rings. The molecule has 0 atom stereocenters. The molecular weight excluding hydrogens is 244 g/mol. The second-order valence-electron chi connectivity index (χ2n) is 4.20. The van der Waals surface area contributed by atoms with E-state index >= 15 is 0 Å². The first kappa shape index (κ1) is 15.0. The smallest absolute Gasteiger partial charge is 0.330 e. The molecule has 0 aliphatic carbocycles. The first-order valence-electron chi connectivity index (χ1n) is 6.20. The van der Waals surface area contributed by atoms with Crippen LogP contribution in [-0.2, 0) is 14.3 Å². The Kier molecular flexibility index (Phi) is 5.79. The maximum absolute atomic E-state index is 11.6. The van der Waals surface area contributed by atoms with Crippen molar-refractivity contribution >= 4 is 18.0 Å². The normalized spacial score (nSPS) is 10.7. The Hall–Kier alpha value is -2.10. The quantitative estimate of drug-likeness (QED) is 0.465. The van der Waals surface area contributed by atoms with Crippen LogP contribution in [0.3, 0.4) is 0 Å². The van der Waals surface area contributed by atoms with Gasteiger partial charge in [0.25, 0.3) is 0 Å². The van der Waals surface area contributed by atoms with Gasteiger partial charge in [0, 0.05) is 11.6 Å². The lowest BCUT2D eigenvalue weighted by atomic mass is 10.2. The highest BCUT2D eigenvalue weighted by atomic mass is 16.5. The monoisotopic (exact) mass is 262 g/mol. The molecule has 0 aliphatic heterocycles. The van der Waals surface area contributed by atoms with E-state index in [1.807, 2.05) is 0 Å². The van der Waals surface area contributed by atoms with Crippen LogP contribution in [0.2, 0.25) is 0 Å². The van der Waals surface area contributed by atoms with E-state index in [0.717, 1.165) is 0 Å². The highest BCUT2D eigenvalue weighted by Gasteiger charge is 2.11. The lowest BCUT2D eigenvalue weighted by molar-refractivity contribution is -0.138. The first-order valence-corrected chi connectivity index (χ1v) is 6.20. The highest BCUT2D eigenvalue weighted by Crippen LogP contribution is 2.20. The Bertz CT molecular complexity index is 475. The van der Waals surface area contributed by atoms with Gasteiger partial charge in [0.05, 0.1) is 12.5 Å². The molecule has 102 valence electrons. The zero-order valence-corrected chi connectivity index (χ0v) is 11.4. The second-order valence-corrected chi connectivity index (χ2v) is 4.20. The Balaban J connectivity index is 2.84. The third kappa shape index (κ3) is 4.95. The minimum atomic E-state index is -0.424. The van der Waals surface area contributed by atoms with E-state index in [2.05, 4.69) is 0 Å². The van der Waals surface area contributed by atoms with Crippen LogP contribution in [0.15, 0.2) is 30.3 Å². The number of para-hydroxylation sites is 1. The summed E-state index contributed by atoms with van der Waals surface area (Å²) in [5.41, 5.74) is 0.657. The molecule has 0 radical (unpaired) electrons. The van der Waals surface area contributed by atoms with Crippen LogP contribution in [0, 0.1) is 5.92 Å². The van der Waals surface area contributed by atoms with Crippen LogP contribution >= 0.6 is 0 Å². The molecule has 4 heteroatoms. The number of rotatable bonds is 5. The number of carbonyl (C=O) groups is 2. The predicted molar refractivity (Wildman–Crippen MR) is 72.6 cm³/mol. The van der Waals surface area contributed by atoms with Gasteiger partial charge in [-0.25, -0.2) is 4.79 Å². The standard InChI is InChI=1S/C15H18O4/c1-4-18-14(16)10-9-12-7-5-6-8-13(12)19-15(17)11(2)3/h5-11H,4H2,1-3H3. The van der Waals surface area contributed by atoms with Gasteiger partial charge < -0.3 is 9.47 Å². The molecule has 1 aromatic carbocycles. The van der Waals surface area contributed by atoms with Crippen molar-refractivity contribution in [2.24, 2.45) is 5.92 Å². The number of hydrogen-bond acceptors (Lipinski definition) is 4. The van der Waals surface area contributed by atoms with Crippen LogP contribution in [0.1, 0.15) is 26.3 Å². The Morgan fingerprint density at radius 3 is 2.58 bits per heavy atom. The molecular formula is C15H18O4. The molecule has 0 saturated heterocycles. The molecule has 0 aliphatic rings. The molecule has 0 bridgehead atoms. The average molecular weight is 262 g/mol. The van der Waals surface area contributed by atoms with Crippen LogP contribution in [0.4, 0.5) is 0 Å². The van der Waals surface area contributed by atoms with Crippen LogP contribution in [0.25, 0.3) is 6.08 Å². The molecule has 0 aromatic heterocycles. The zero-order chi connectivity index (χ0) is 14.3. The highest BCUT2D eigenvalue weighted by molar-refractivity contribution is 5.88. The van der Waals surface area contributed by atoms with E-state index in [4.69, 9.17) is 9.47 Å². The van der Waals surface area contributed by atoms with Gasteiger partial charge in [-0.15, -0.1) is 0 Å². The van der Waals surface area contributed by atoms with Crippen molar-refractivity contribution in [3.8, 4) is 5.75 Å². The van der Waals surface area contributed by atoms with Crippen LogP contribution in [-0.4, -0.2) is 18.5 Å². The van der Waals surface area contributed by atoms with Gasteiger partial charge in [-0.2, -0.15) is 0 Å². The number of carbonyl (C=O) groups excluding carboxylic acids is 2. The number of ether oxygens (including phenoxy) is 2. The fourth-order valence-corrected chi connectivity index (χ4v) is 1.29. The topological polar surface area (TPSA) is 52.6 Å². The van der Waals surface area contributed by atoms with E-state index in [0.29, 0.717) is 17.9 Å². The SMILES string of the molecule is CCOC(=O)C=Cc1ccccc1OC(=O)C(C)C. The summed E-state index contributed by atoms with van der Waals surface area (Å²) >= 11 is 0. The van der Waals surface area contributed by atoms with Crippen LogP contribution in [0.5, 0.6) is 5.75 Å². The zero-order valence-electron chi connectivity index (χ0n) is 11.4. The van der Waals surface area contributed by atoms with E-state index in [1.165, 1.54) is 6.08 Å². The van der Waals surface area contributed by atoms with Gasteiger partial charge >= 0.3 is 11.9 Å². The third-order valence-corrected chi connectivity index (χ3v) is 2.29. The van der Waals surface area contributed by atoms with E-state index in [9.17, 15) is 9.59 Å². The van der Waals surface area contributed by atoms with E-state index in [-0.39, 0.29) is 11.9 Å². The molecule has 0 spiro atoms. The molecule has 0 amide bonds. The van der Waals surface area contributed by atoms with Crippen molar-refractivity contribution in [2.75, 3.05) is 6.61 Å². The Morgan fingerprint density at radius 2 is 1.95 bits per heavy atom. The van der Waals surface area contributed by atoms with Gasteiger partial charge in [-0.1, -0.05) is 32.0 Å². The summed E-state index contributed by atoms with van der Waals surface area (Å²) in [6.07, 6.45) is 2.88. The van der Waals surface area contributed by atoms with Gasteiger partial charge in [-0.05, 0) is 19.1 Å². The summed E-state index contributed by atoms with van der Waals surface area (Å²) in [4.78, 5) is 22.8. The maximum atomic E-state index is 11.6. The Morgan fingerprint density at radius 1 is 1.26 bits per heavy atom. The van der Waals surface area contributed by atoms with Crippen molar-refractivity contribution < 1.29 is 19.1 Å². The summed E-state index contributed by atoms with van der Waals surface area (Å²) in [5.74, 6) is -0.506. The molecule has 0 heterocycles. The van der Waals surface area contributed by atoms with Crippen molar-refractivity contribution in [1.29, 1.82) is 0 Å². The minimum Gasteiger partial charge on any atom is -0.463 e. The van der Waals surface area contributed by atoms with Crippen molar-refractivity contribution in [1.82, 2.24) is 0 Å². The fraction of sp³-hybridized carbons (Fsp3) is 0.333. The van der Waals surface area contributed by atoms with Gasteiger partial charge in [0.2, 0.25) is 0 Å². The van der Waals surface area contributed by atoms with Gasteiger partial charge in [-0.3, -0.25) is 4.79 Å². The lowest BCUT2D eigenvalue weighted by Gasteiger charge is -2.09. The molecule has 4 nitrogen and oxygen atoms in total. The van der Waals surface area contributed by atoms with Crippen molar-refractivity contribution in [2.45, 2.75) is 20.8 Å². The third-order valence-electron chi connectivity index (χ3n) is 2.29. The lowest BCUT2D eigenvalue weighted by Crippen LogP contribution is -2.15. The minimum absolute atomic E-state index is 0.206. The number of benzene rings is 1. The van der Waals surface area contributed by atoms with Gasteiger partial charge in [0.1, 0.15) is 5.75 Å². The summed E-state index contributed by atoms with van der Waals surface area (Å²) < 4.78 is 10.0. The molecule has 0 unspecified atom stereocenters. The van der Waals surface area contributed by atoms with Crippen molar-refractivity contribution in [3.63, 3.8) is 0 Å². The van der Waals surface area contributed by atoms with Crippen molar-refractivity contribution in [3.05, 3.63) is 35.9 Å². The molecule has 0 fully saturated rings. The van der Waals surface area contributed by atoms with Crippen LogP contribution < -0.4 is 4.74 Å². The summed E-state index contributed by atoms with van der Waals surface area (Å²) in [7, 11) is 0. The van der Waals surface area contributed by atoms with E-state index in [1.54, 1.807) is 51.1 Å². The average Bonchev–Trinajstić information content (AvgIpc) is 2.38. The summed E-state index contributed by atoms with van der Waals surface area (Å²) in [5, 5.41) is 0. The summed E-state index contributed by atoms with van der Waals surface area (Å²) in [6, 6.07) is 7.02. The first-order chi connectivity index (χ1) is 9.04. The Labute approximate surface area is 113 Å². The predicted octanol–water partition coefficient (Wildman–Crippen LogP) is 2.82. The maximum Gasteiger partial charge on any atom is 0.330 e. The number of esters is 2. The fourth-order valence-electron chi connectivity index (χ4n) is 1.29. The van der Waals surface area contributed by atoms with E-state index < -0.39 is 5.97 Å². The number of hydrogen-bond donors (Lipinski definition) is 0.